The van der Waals surface area contributed by atoms with Crippen LogP contribution in [0.5, 0.6) is 0 Å². The molecule has 0 aliphatic carbocycles. The number of ether oxygens (including phenoxy) is 6. The standard InChI is InChI=1S/C37H60O11/c1-6-8-9-10-14-32(40)47-35-25(7-2)19-30-23-31(24(3)38)46-33(41)21-26(39)20-27-12-11-13-28(44-27)22-29-16-18-43-34(45-29)15-17-36(4,5)37(35,42)48-30/h7,15,17,24,26-31,34-35,38-39,42H,6,8-14,16,18-23H2,1-5H3/b17-15+,25-7+/t24-,26-,27+,28-,29?,30+,31-,34+,35+,37-/m1/s1. The quantitative estimate of drug-likeness (QED) is 0.186. The first kappa shape index (κ1) is 38.9. The van der Waals surface area contributed by atoms with Gasteiger partial charge in [-0.1, -0.05) is 52.2 Å². The van der Waals surface area contributed by atoms with Crippen LogP contribution in [0, 0.1) is 5.41 Å². The molecule has 0 aromatic heterocycles. The highest BCUT2D eigenvalue weighted by Crippen LogP contribution is 2.47. The van der Waals surface area contributed by atoms with Crippen molar-refractivity contribution in [2.24, 2.45) is 5.41 Å². The van der Waals surface area contributed by atoms with Crippen LogP contribution in [-0.4, -0.2) is 94.8 Å². The molecule has 4 rings (SSSR count). The lowest BCUT2D eigenvalue weighted by Gasteiger charge is -2.51. The van der Waals surface area contributed by atoms with Crippen molar-refractivity contribution in [3.8, 4) is 0 Å². The fourth-order valence-corrected chi connectivity index (χ4v) is 7.26. The Labute approximate surface area is 286 Å². The van der Waals surface area contributed by atoms with E-state index in [1.54, 1.807) is 26.0 Å². The number of cyclic esters (lactones) is 1. The lowest BCUT2D eigenvalue weighted by atomic mass is 9.74. The monoisotopic (exact) mass is 680 g/mol. The van der Waals surface area contributed by atoms with Crippen LogP contribution in [0.3, 0.4) is 0 Å². The van der Waals surface area contributed by atoms with E-state index in [4.69, 9.17) is 28.4 Å². The topological polar surface area (TPSA) is 150 Å². The molecule has 3 fully saturated rings. The fourth-order valence-electron chi connectivity index (χ4n) is 7.26. The van der Waals surface area contributed by atoms with Crippen LogP contribution in [0.1, 0.15) is 125 Å². The number of hydrogen-bond donors (Lipinski definition) is 3. The molecule has 10 atom stereocenters. The van der Waals surface area contributed by atoms with Crippen molar-refractivity contribution in [2.75, 3.05) is 6.61 Å². The summed E-state index contributed by atoms with van der Waals surface area (Å²) in [6.07, 6.45) is 8.02. The van der Waals surface area contributed by atoms with Crippen molar-refractivity contribution < 1.29 is 53.3 Å². The molecular formula is C37H60O11. The Morgan fingerprint density at radius 2 is 1.77 bits per heavy atom. The lowest BCUT2D eigenvalue weighted by Crippen LogP contribution is -2.62. The number of aliphatic hydroxyl groups excluding tert-OH is 2. The lowest BCUT2D eigenvalue weighted by molar-refractivity contribution is -0.327. The normalized spacial score (nSPS) is 38.8. The second kappa shape index (κ2) is 17.9. The van der Waals surface area contributed by atoms with Gasteiger partial charge in [-0.15, -0.1) is 0 Å². The third-order valence-electron chi connectivity index (χ3n) is 10.2. The molecular weight excluding hydrogens is 620 g/mol. The van der Waals surface area contributed by atoms with E-state index in [0.29, 0.717) is 37.9 Å². The summed E-state index contributed by atoms with van der Waals surface area (Å²) < 4.78 is 36.8. The second-order valence-corrected chi connectivity index (χ2v) is 14.7. The molecule has 11 heteroatoms. The Morgan fingerprint density at radius 3 is 2.48 bits per heavy atom. The zero-order chi connectivity index (χ0) is 34.9. The largest absolute Gasteiger partial charge is 0.459 e. The summed E-state index contributed by atoms with van der Waals surface area (Å²) in [5.74, 6) is -3.08. The average Bonchev–Trinajstić information content (AvgIpc) is 3.02. The third-order valence-corrected chi connectivity index (χ3v) is 10.2. The number of hydrogen-bond acceptors (Lipinski definition) is 11. The van der Waals surface area contributed by atoms with Crippen LogP contribution in [-0.2, 0) is 38.0 Å². The highest BCUT2D eigenvalue weighted by molar-refractivity contribution is 5.70. The molecule has 48 heavy (non-hydrogen) atoms. The highest BCUT2D eigenvalue weighted by Gasteiger charge is 2.57. The summed E-state index contributed by atoms with van der Waals surface area (Å²) in [4.78, 5) is 26.1. The molecule has 4 aliphatic heterocycles. The van der Waals surface area contributed by atoms with Gasteiger partial charge in [-0.3, -0.25) is 9.59 Å². The Hall–Kier alpha value is -1.86. The van der Waals surface area contributed by atoms with E-state index in [2.05, 4.69) is 6.92 Å². The Balaban J connectivity index is 1.65. The van der Waals surface area contributed by atoms with Crippen LogP contribution >= 0.6 is 0 Å². The number of carbonyl (C=O) groups is 2. The van der Waals surface area contributed by atoms with Gasteiger partial charge in [0, 0.05) is 24.7 Å². The predicted octanol–water partition coefficient (Wildman–Crippen LogP) is 5.17. The summed E-state index contributed by atoms with van der Waals surface area (Å²) in [5, 5.41) is 34.0. The number of fused-ring (bicyclic) bond motifs is 6. The smallest absolute Gasteiger partial charge is 0.308 e. The Morgan fingerprint density at radius 1 is 1.04 bits per heavy atom. The highest BCUT2D eigenvalue weighted by atomic mass is 16.7. The summed E-state index contributed by atoms with van der Waals surface area (Å²) >= 11 is 0. The average molecular weight is 681 g/mol. The first-order valence-electron chi connectivity index (χ1n) is 18.3. The number of allylic oxidation sites excluding steroid dienone is 1. The zero-order valence-corrected chi connectivity index (χ0v) is 29.6. The number of rotatable bonds is 7. The first-order valence-corrected chi connectivity index (χ1v) is 18.3. The molecule has 4 heterocycles. The van der Waals surface area contributed by atoms with Crippen LogP contribution in [0.4, 0.5) is 0 Å². The molecule has 3 saturated heterocycles. The molecule has 0 radical (unpaired) electrons. The van der Waals surface area contributed by atoms with E-state index in [9.17, 15) is 24.9 Å². The van der Waals surface area contributed by atoms with E-state index in [-0.39, 0.29) is 44.0 Å². The maximum atomic E-state index is 13.1. The molecule has 0 aromatic carbocycles. The zero-order valence-electron chi connectivity index (χ0n) is 29.6. The first-order chi connectivity index (χ1) is 22.8. The van der Waals surface area contributed by atoms with Gasteiger partial charge in [-0.25, -0.2) is 0 Å². The minimum absolute atomic E-state index is 0.0396. The van der Waals surface area contributed by atoms with Crippen LogP contribution in [0.15, 0.2) is 23.8 Å². The molecule has 0 amide bonds. The predicted molar refractivity (Wildman–Crippen MR) is 178 cm³/mol. The summed E-state index contributed by atoms with van der Waals surface area (Å²) in [6.45, 7) is 9.57. The molecule has 0 saturated carbocycles. The Kier molecular flexibility index (Phi) is 14.5. The second-order valence-electron chi connectivity index (χ2n) is 14.7. The van der Waals surface area contributed by atoms with Gasteiger partial charge in [0.15, 0.2) is 12.4 Å². The molecule has 0 aromatic rings. The van der Waals surface area contributed by atoms with Gasteiger partial charge in [-0.05, 0) is 70.4 Å². The van der Waals surface area contributed by atoms with Gasteiger partial charge in [-0.2, -0.15) is 0 Å². The van der Waals surface area contributed by atoms with Crippen LogP contribution in [0.2, 0.25) is 0 Å². The Bertz CT molecular complexity index is 1100. The number of unbranched alkanes of at least 4 members (excludes halogenated alkanes) is 3. The molecule has 4 aliphatic rings. The van der Waals surface area contributed by atoms with Gasteiger partial charge >= 0.3 is 11.9 Å². The van der Waals surface area contributed by atoms with Gasteiger partial charge in [0.25, 0.3) is 0 Å². The fraction of sp³-hybridized carbons (Fsp3) is 0.838. The summed E-state index contributed by atoms with van der Waals surface area (Å²) in [5.41, 5.74) is -0.462. The van der Waals surface area contributed by atoms with Crippen LogP contribution in [0.25, 0.3) is 0 Å². The van der Waals surface area contributed by atoms with Crippen molar-refractivity contribution >= 4 is 11.9 Å². The maximum absolute atomic E-state index is 13.1. The molecule has 274 valence electrons. The molecule has 1 unspecified atom stereocenters. The molecule has 0 spiro atoms. The van der Waals surface area contributed by atoms with E-state index >= 15 is 0 Å². The minimum atomic E-state index is -2.03. The number of aliphatic hydroxyl groups is 3. The number of carbonyl (C=O) groups excluding carboxylic acids is 2. The summed E-state index contributed by atoms with van der Waals surface area (Å²) in [6, 6.07) is 0. The van der Waals surface area contributed by atoms with Crippen LogP contribution < -0.4 is 0 Å². The van der Waals surface area contributed by atoms with Gasteiger partial charge in [0.1, 0.15) is 6.10 Å². The van der Waals surface area contributed by atoms with Gasteiger partial charge in [0.05, 0.1) is 49.7 Å². The third kappa shape index (κ3) is 10.6. The van der Waals surface area contributed by atoms with E-state index < -0.39 is 60.0 Å². The van der Waals surface area contributed by atoms with Crippen molar-refractivity contribution in [3.63, 3.8) is 0 Å². The molecule has 6 bridgehead atoms. The van der Waals surface area contributed by atoms with E-state index in [0.717, 1.165) is 38.5 Å². The van der Waals surface area contributed by atoms with Gasteiger partial charge in [0.2, 0.25) is 5.79 Å². The maximum Gasteiger partial charge on any atom is 0.308 e. The van der Waals surface area contributed by atoms with E-state index in [1.165, 1.54) is 6.92 Å². The molecule has 11 nitrogen and oxygen atoms in total. The van der Waals surface area contributed by atoms with Crippen molar-refractivity contribution in [1.82, 2.24) is 0 Å². The minimum Gasteiger partial charge on any atom is -0.459 e. The summed E-state index contributed by atoms with van der Waals surface area (Å²) in [7, 11) is 0. The van der Waals surface area contributed by atoms with Crippen molar-refractivity contribution in [2.45, 2.75) is 185 Å². The molecule has 3 N–H and O–H groups in total. The van der Waals surface area contributed by atoms with Gasteiger partial charge < -0.3 is 43.7 Å². The number of esters is 2. The van der Waals surface area contributed by atoms with Crippen molar-refractivity contribution in [1.29, 1.82) is 0 Å². The SMILES string of the molecule is C/C=C1\C[C@H]2C[C@H]([C@@H](C)O)OC(=O)C[C@H](O)C[C@@H]3CCC[C@H](CC4CCO[C@H](/C=C/C(C)(C)[C@](O)(O2)[C@H]1OC(=O)CCCCCC)O4)O3. The van der Waals surface area contributed by atoms with E-state index in [1.807, 2.05) is 13.0 Å². The van der Waals surface area contributed by atoms with Crippen molar-refractivity contribution in [3.05, 3.63) is 23.8 Å².